The molecule has 0 aliphatic rings. The Balaban J connectivity index is 2.12. The van der Waals surface area contributed by atoms with E-state index in [9.17, 15) is 14.0 Å². The lowest BCUT2D eigenvalue weighted by Gasteiger charge is -2.19. The quantitative estimate of drug-likeness (QED) is 0.725. The average molecular weight is 350 g/mol. The first-order valence-electron chi connectivity index (χ1n) is 7.69. The van der Waals surface area contributed by atoms with Crippen molar-refractivity contribution in [3.63, 3.8) is 0 Å². The van der Waals surface area contributed by atoms with Crippen molar-refractivity contribution in [1.82, 2.24) is 25.1 Å². The van der Waals surface area contributed by atoms with E-state index in [1.807, 2.05) is 6.92 Å². The Morgan fingerprint density at radius 2 is 2.12 bits per heavy atom. The summed E-state index contributed by atoms with van der Waals surface area (Å²) in [4.78, 5) is 24.4. The molecule has 0 saturated carbocycles. The number of carbonyl (C=O) groups is 2. The van der Waals surface area contributed by atoms with Gasteiger partial charge in [0, 0.05) is 0 Å². The summed E-state index contributed by atoms with van der Waals surface area (Å²) in [7, 11) is 0. The third-order valence-electron chi connectivity index (χ3n) is 3.36. The van der Waals surface area contributed by atoms with E-state index in [2.05, 4.69) is 20.8 Å². The summed E-state index contributed by atoms with van der Waals surface area (Å²) in [5, 5.41) is 22.4. The van der Waals surface area contributed by atoms with Crippen LogP contribution in [-0.2, 0) is 9.59 Å². The Hall–Kier alpha value is -2.88. The van der Waals surface area contributed by atoms with Crippen molar-refractivity contribution in [1.29, 1.82) is 0 Å². The monoisotopic (exact) mass is 350 g/mol. The maximum absolute atomic E-state index is 14.0. The smallest absolute Gasteiger partial charge is 0.317 e. The van der Waals surface area contributed by atoms with Gasteiger partial charge in [-0.2, -0.15) is 4.68 Å². The van der Waals surface area contributed by atoms with Crippen molar-refractivity contribution in [2.75, 3.05) is 25.0 Å². The van der Waals surface area contributed by atoms with Gasteiger partial charge in [0.2, 0.25) is 5.91 Å². The maximum atomic E-state index is 14.0. The average Bonchev–Trinajstić information content (AvgIpc) is 2.95. The van der Waals surface area contributed by atoms with Crippen LogP contribution in [0.4, 0.5) is 10.1 Å². The summed E-state index contributed by atoms with van der Waals surface area (Å²) in [6.45, 7) is 3.62. The van der Waals surface area contributed by atoms with E-state index in [-0.39, 0.29) is 18.8 Å². The summed E-state index contributed by atoms with van der Waals surface area (Å²) >= 11 is 0. The fourth-order valence-electron chi connectivity index (χ4n) is 2.33. The van der Waals surface area contributed by atoms with E-state index in [0.717, 1.165) is 0 Å². The number of aromatic nitrogens is 4. The zero-order valence-electron chi connectivity index (χ0n) is 13.9. The van der Waals surface area contributed by atoms with Crippen LogP contribution in [0.2, 0.25) is 0 Å². The number of halogens is 1. The highest BCUT2D eigenvalue weighted by Crippen LogP contribution is 2.19. The SMILES string of the molecule is CCCN(CC(=O)O)CC(=O)Nc1cc(-n2nnnc2C)ccc1F. The van der Waals surface area contributed by atoms with Crippen LogP contribution >= 0.6 is 0 Å². The second-order valence-electron chi connectivity index (χ2n) is 5.45. The fraction of sp³-hybridized carbons (Fsp3) is 0.400. The highest BCUT2D eigenvalue weighted by molar-refractivity contribution is 5.92. The Bertz CT molecular complexity index is 763. The molecule has 2 N–H and O–H groups in total. The van der Waals surface area contributed by atoms with Gasteiger partial charge in [0.05, 0.1) is 24.5 Å². The molecular formula is C15H19FN6O3. The molecule has 0 atom stereocenters. The number of aryl methyl sites for hydroxylation is 1. The molecule has 0 unspecified atom stereocenters. The van der Waals surface area contributed by atoms with Crippen LogP contribution in [0.15, 0.2) is 18.2 Å². The second-order valence-corrected chi connectivity index (χ2v) is 5.45. The largest absolute Gasteiger partial charge is 0.480 e. The third kappa shape index (κ3) is 5.05. The standard InChI is InChI=1S/C15H19FN6O3/c1-3-6-21(9-15(24)25)8-14(23)17-13-7-11(4-5-12(13)16)22-10(2)18-19-20-22/h4-5,7H,3,6,8-9H2,1-2H3,(H,17,23)(H,24,25). The van der Waals surface area contributed by atoms with Gasteiger partial charge in [-0.3, -0.25) is 14.5 Å². The lowest BCUT2D eigenvalue weighted by Crippen LogP contribution is -2.37. The summed E-state index contributed by atoms with van der Waals surface area (Å²) < 4.78 is 15.4. The van der Waals surface area contributed by atoms with Gasteiger partial charge in [0.25, 0.3) is 0 Å². The minimum absolute atomic E-state index is 0.0239. The molecule has 0 spiro atoms. The molecule has 9 nitrogen and oxygen atoms in total. The summed E-state index contributed by atoms with van der Waals surface area (Å²) in [6, 6.07) is 4.10. The molecule has 2 aromatic rings. The molecule has 0 fully saturated rings. The van der Waals surface area contributed by atoms with Crippen LogP contribution in [0.3, 0.4) is 0 Å². The molecule has 0 saturated heterocycles. The molecule has 25 heavy (non-hydrogen) atoms. The van der Waals surface area contributed by atoms with E-state index in [0.29, 0.717) is 24.5 Å². The van der Waals surface area contributed by atoms with Gasteiger partial charge < -0.3 is 10.4 Å². The van der Waals surface area contributed by atoms with Crippen molar-refractivity contribution >= 4 is 17.6 Å². The molecule has 0 radical (unpaired) electrons. The molecule has 1 amide bonds. The Labute approximate surface area is 143 Å². The number of amides is 1. The Morgan fingerprint density at radius 1 is 1.36 bits per heavy atom. The summed E-state index contributed by atoms with van der Waals surface area (Å²) in [6.07, 6.45) is 0.697. The molecule has 134 valence electrons. The van der Waals surface area contributed by atoms with Gasteiger partial charge in [-0.05, 0) is 48.5 Å². The van der Waals surface area contributed by atoms with Crippen molar-refractivity contribution < 1.29 is 19.1 Å². The fourth-order valence-corrected chi connectivity index (χ4v) is 2.33. The predicted molar refractivity (Wildman–Crippen MR) is 86.8 cm³/mol. The first-order valence-corrected chi connectivity index (χ1v) is 7.69. The van der Waals surface area contributed by atoms with Crippen molar-refractivity contribution in [3.8, 4) is 5.69 Å². The van der Waals surface area contributed by atoms with Crippen LogP contribution in [-0.4, -0.2) is 61.7 Å². The van der Waals surface area contributed by atoms with Crippen LogP contribution in [0.5, 0.6) is 0 Å². The number of nitrogens with one attached hydrogen (secondary N) is 1. The third-order valence-corrected chi connectivity index (χ3v) is 3.36. The molecule has 0 aliphatic carbocycles. The number of carbonyl (C=O) groups excluding carboxylic acids is 1. The number of anilines is 1. The van der Waals surface area contributed by atoms with Gasteiger partial charge in [0.15, 0.2) is 5.82 Å². The van der Waals surface area contributed by atoms with Crippen molar-refractivity contribution in [2.24, 2.45) is 0 Å². The van der Waals surface area contributed by atoms with Gasteiger partial charge >= 0.3 is 5.97 Å². The number of benzene rings is 1. The number of carboxylic acid groups (broad SMARTS) is 1. The van der Waals surface area contributed by atoms with E-state index >= 15 is 0 Å². The Morgan fingerprint density at radius 3 is 2.72 bits per heavy atom. The number of hydrogen-bond donors (Lipinski definition) is 2. The van der Waals surface area contributed by atoms with Crippen LogP contribution < -0.4 is 5.32 Å². The highest BCUT2D eigenvalue weighted by atomic mass is 19.1. The molecule has 10 heteroatoms. The molecule has 2 rings (SSSR count). The van der Waals surface area contributed by atoms with Gasteiger partial charge in [-0.25, -0.2) is 4.39 Å². The van der Waals surface area contributed by atoms with Crippen LogP contribution in [0, 0.1) is 12.7 Å². The zero-order chi connectivity index (χ0) is 18.4. The highest BCUT2D eigenvalue weighted by Gasteiger charge is 2.15. The Kier molecular flexibility index (Phi) is 6.12. The number of carboxylic acids is 1. The van der Waals surface area contributed by atoms with Crippen LogP contribution in [0.25, 0.3) is 5.69 Å². The van der Waals surface area contributed by atoms with Crippen molar-refractivity contribution in [3.05, 3.63) is 29.8 Å². The normalized spacial score (nSPS) is 10.9. The molecule has 0 bridgehead atoms. The first-order chi connectivity index (χ1) is 11.9. The van der Waals surface area contributed by atoms with E-state index in [4.69, 9.17) is 5.11 Å². The second kappa shape index (κ2) is 8.29. The minimum Gasteiger partial charge on any atom is -0.480 e. The first kappa shape index (κ1) is 18.5. The lowest BCUT2D eigenvalue weighted by molar-refractivity contribution is -0.138. The van der Waals surface area contributed by atoms with Crippen molar-refractivity contribution in [2.45, 2.75) is 20.3 Å². The lowest BCUT2D eigenvalue weighted by atomic mass is 10.2. The minimum atomic E-state index is -1.02. The number of aliphatic carboxylic acids is 1. The van der Waals surface area contributed by atoms with Gasteiger partial charge in [0.1, 0.15) is 5.82 Å². The number of hydrogen-bond acceptors (Lipinski definition) is 6. The van der Waals surface area contributed by atoms with Crippen LogP contribution in [0.1, 0.15) is 19.2 Å². The van der Waals surface area contributed by atoms with E-state index in [1.54, 1.807) is 6.92 Å². The predicted octanol–water partition coefficient (Wildman–Crippen LogP) is 0.845. The molecule has 1 aromatic heterocycles. The number of rotatable bonds is 8. The number of tetrazole rings is 1. The van der Waals surface area contributed by atoms with E-state index < -0.39 is 17.7 Å². The maximum Gasteiger partial charge on any atom is 0.317 e. The molecular weight excluding hydrogens is 331 g/mol. The zero-order valence-corrected chi connectivity index (χ0v) is 13.9. The van der Waals surface area contributed by atoms with Gasteiger partial charge in [-0.1, -0.05) is 6.92 Å². The number of nitrogens with zero attached hydrogens (tertiary/aromatic N) is 5. The molecule has 1 aromatic carbocycles. The van der Waals surface area contributed by atoms with Gasteiger partial charge in [-0.15, -0.1) is 5.10 Å². The van der Waals surface area contributed by atoms with E-state index in [1.165, 1.54) is 27.8 Å². The summed E-state index contributed by atoms with van der Waals surface area (Å²) in [5.41, 5.74) is 0.472. The topological polar surface area (TPSA) is 113 Å². The molecule has 1 heterocycles. The molecule has 0 aliphatic heterocycles. The summed E-state index contributed by atoms with van der Waals surface area (Å²) in [5.74, 6) is -1.62.